The first kappa shape index (κ1) is 7.55. The number of thiocarbonyl (C=S) groups is 1. The number of nitrogens with one attached hydrogen (secondary N) is 1. The van der Waals surface area contributed by atoms with Gasteiger partial charge in [-0.15, -0.1) is 0 Å². The van der Waals surface area contributed by atoms with Crippen molar-refractivity contribution in [3.63, 3.8) is 0 Å². The van der Waals surface area contributed by atoms with Gasteiger partial charge in [0.05, 0.1) is 0 Å². The Balaban J connectivity index is 2.43. The van der Waals surface area contributed by atoms with Gasteiger partial charge in [-0.1, -0.05) is 17.7 Å². The molecule has 0 aliphatic carbocycles. The maximum absolute atomic E-state index is 5.18. The third kappa shape index (κ3) is 1.28. The lowest BCUT2D eigenvalue weighted by Crippen LogP contribution is -2.19. The molecule has 1 aliphatic rings. The molecule has 2 nitrogen and oxygen atoms in total. The normalized spacial score (nSPS) is 14.6. The molecule has 0 atom stereocenters. The second-order valence-electron chi connectivity index (χ2n) is 2.86. The summed E-state index contributed by atoms with van der Waals surface area (Å²) >= 11 is 4.88. The summed E-state index contributed by atoms with van der Waals surface area (Å²) in [5, 5.41) is 3.46. The molecular formula is C9H9NOS. The van der Waals surface area contributed by atoms with Gasteiger partial charge in [-0.3, -0.25) is 0 Å². The van der Waals surface area contributed by atoms with Gasteiger partial charge in [0, 0.05) is 11.3 Å². The third-order valence-corrected chi connectivity index (χ3v) is 2.08. The molecule has 0 saturated carbocycles. The summed E-state index contributed by atoms with van der Waals surface area (Å²) in [6.45, 7) is 2.65. The summed E-state index contributed by atoms with van der Waals surface area (Å²) in [6.07, 6.45) is 0. The quantitative estimate of drug-likeness (QED) is 0.617. The Morgan fingerprint density at radius 1 is 1.50 bits per heavy atom. The molecule has 0 spiro atoms. The van der Waals surface area contributed by atoms with E-state index in [9.17, 15) is 0 Å². The van der Waals surface area contributed by atoms with Crippen molar-refractivity contribution in [3.05, 3.63) is 29.3 Å². The Morgan fingerprint density at radius 2 is 2.33 bits per heavy atom. The third-order valence-electron chi connectivity index (χ3n) is 1.86. The van der Waals surface area contributed by atoms with Crippen LogP contribution in [0.5, 0.6) is 0 Å². The number of hydrogen-bond donors (Lipinski definition) is 1. The SMILES string of the molecule is Cc1ccc2c(c1)COC(=S)N2. The fourth-order valence-electron chi connectivity index (χ4n) is 1.25. The van der Waals surface area contributed by atoms with Crippen molar-refractivity contribution >= 4 is 23.1 Å². The highest BCUT2D eigenvalue weighted by atomic mass is 32.1. The number of aryl methyl sites for hydroxylation is 1. The van der Waals surface area contributed by atoms with Gasteiger partial charge in [-0.2, -0.15) is 0 Å². The van der Waals surface area contributed by atoms with Crippen LogP contribution in [0.4, 0.5) is 5.69 Å². The predicted octanol–water partition coefficient (Wildman–Crippen LogP) is 2.22. The molecule has 1 aliphatic heterocycles. The lowest BCUT2D eigenvalue weighted by Gasteiger charge is -2.19. The Hall–Kier alpha value is -1.09. The van der Waals surface area contributed by atoms with Crippen molar-refractivity contribution < 1.29 is 4.74 Å². The van der Waals surface area contributed by atoms with Crippen LogP contribution >= 0.6 is 12.2 Å². The molecule has 3 heteroatoms. The van der Waals surface area contributed by atoms with E-state index in [0.29, 0.717) is 11.8 Å². The first-order valence-corrected chi connectivity index (χ1v) is 4.20. The van der Waals surface area contributed by atoms with Crippen molar-refractivity contribution in [1.82, 2.24) is 0 Å². The van der Waals surface area contributed by atoms with Crippen molar-refractivity contribution in [2.24, 2.45) is 0 Å². The molecule has 0 saturated heterocycles. The first-order chi connectivity index (χ1) is 5.75. The first-order valence-electron chi connectivity index (χ1n) is 3.79. The molecular weight excluding hydrogens is 170 g/mol. The standard InChI is InChI=1S/C9H9NOS/c1-6-2-3-8-7(4-6)5-11-9(12)10-8/h2-4H,5H2,1H3,(H,10,12). The number of hydrogen-bond acceptors (Lipinski definition) is 2. The molecule has 0 radical (unpaired) electrons. The zero-order chi connectivity index (χ0) is 8.55. The van der Waals surface area contributed by atoms with Crippen molar-refractivity contribution in [3.8, 4) is 0 Å². The van der Waals surface area contributed by atoms with Gasteiger partial charge in [0.2, 0.25) is 0 Å². The minimum Gasteiger partial charge on any atom is -0.466 e. The second-order valence-corrected chi connectivity index (χ2v) is 3.23. The van der Waals surface area contributed by atoms with Gasteiger partial charge in [-0.25, -0.2) is 0 Å². The summed E-state index contributed by atoms with van der Waals surface area (Å²) in [6, 6.07) is 6.18. The van der Waals surface area contributed by atoms with Crippen LogP contribution in [0.1, 0.15) is 11.1 Å². The average molecular weight is 179 g/mol. The number of rotatable bonds is 0. The molecule has 0 fully saturated rings. The number of benzene rings is 1. The maximum atomic E-state index is 5.18. The lowest BCUT2D eigenvalue weighted by atomic mass is 10.1. The smallest absolute Gasteiger partial charge is 0.261 e. The van der Waals surface area contributed by atoms with Gasteiger partial charge in [0.25, 0.3) is 5.17 Å². The Labute approximate surface area is 76.5 Å². The Kier molecular flexibility index (Phi) is 1.73. The summed E-state index contributed by atoms with van der Waals surface area (Å²) in [7, 11) is 0. The van der Waals surface area contributed by atoms with Crippen LogP contribution in [-0.2, 0) is 11.3 Å². The Morgan fingerprint density at radius 3 is 3.17 bits per heavy atom. The molecule has 1 N–H and O–H groups in total. The largest absolute Gasteiger partial charge is 0.466 e. The second kappa shape index (κ2) is 2.75. The van der Waals surface area contributed by atoms with E-state index in [1.807, 2.05) is 6.07 Å². The van der Waals surface area contributed by atoms with E-state index in [1.165, 1.54) is 11.1 Å². The molecule has 0 bridgehead atoms. The highest BCUT2D eigenvalue weighted by Gasteiger charge is 2.11. The van der Waals surface area contributed by atoms with Crippen molar-refractivity contribution in [2.75, 3.05) is 5.32 Å². The van der Waals surface area contributed by atoms with Crippen LogP contribution in [0.3, 0.4) is 0 Å². The van der Waals surface area contributed by atoms with E-state index in [4.69, 9.17) is 17.0 Å². The van der Waals surface area contributed by atoms with Gasteiger partial charge in [-0.05, 0) is 25.2 Å². The molecule has 0 unspecified atom stereocenters. The fourth-order valence-corrected chi connectivity index (χ4v) is 1.42. The molecule has 0 amide bonds. The zero-order valence-corrected chi connectivity index (χ0v) is 7.57. The lowest BCUT2D eigenvalue weighted by molar-refractivity contribution is 0.294. The van der Waals surface area contributed by atoms with E-state index in [0.717, 1.165) is 5.69 Å². The van der Waals surface area contributed by atoms with Crippen LogP contribution in [0.25, 0.3) is 0 Å². The van der Waals surface area contributed by atoms with Crippen LogP contribution in [-0.4, -0.2) is 5.17 Å². The summed E-state index contributed by atoms with van der Waals surface area (Å²) in [4.78, 5) is 0. The molecule has 12 heavy (non-hydrogen) atoms. The van der Waals surface area contributed by atoms with E-state index in [1.54, 1.807) is 0 Å². The highest BCUT2D eigenvalue weighted by Crippen LogP contribution is 2.22. The molecule has 0 aromatic heterocycles. The van der Waals surface area contributed by atoms with Gasteiger partial charge < -0.3 is 10.1 Å². The fraction of sp³-hybridized carbons (Fsp3) is 0.222. The number of anilines is 1. The van der Waals surface area contributed by atoms with Crippen LogP contribution in [0.2, 0.25) is 0 Å². The summed E-state index contributed by atoms with van der Waals surface area (Å²) in [5.74, 6) is 0. The predicted molar refractivity (Wildman–Crippen MR) is 52.2 cm³/mol. The minimum atomic E-state index is 0.464. The van der Waals surface area contributed by atoms with E-state index >= 15 is 0 Å². The number of fused-ring (bicyclic) bond motifs is 1. The molecule has 1 aromatic rings. The maximum Gasteiger partial charge on any atom is 0.261 e. The molecule has 2 rings (SSSR count). The topological polar surface area (TPSA) is 21.3 Å². The van der Waals surface area contributed by atoms with Crippen LogP contribution in [0, 0.1) is 6.92 Å². The summed E-state index contributed by atoms with van der Waals surface area (Å²) in [5.41, 5.74) is 3.48. The van der Waals surface area contributed by atoms with Gasteiger partial charge >= 0.3 is 0 Å². The molecule has 1 aromatic carbocycles. The van der Waals surface area contributed by atoms with Crippen molar-refractivity contribution in [1.29, 1.82) is 0 Å². The van der Waals surface area contributed by atoms with Crippen LogP contribution in [0.15, 0.2) is 18.2 Å². The minimum absolute atomic E-state index is 0.464. The van der Waals surface area contributed by atoms with Crippen LogP contribution < -0.4 is 5.32 Å². The summed E-state index contributed by atoms with van der Waals surface area (Å²) < 4.78 is 5.18. The highest BCUT2D eigenvalue weighted by molar-refractivity contribution is 7.80. The number of ether oxygens (including phenoxy) is 1. The zero-order valence-electron chi connectivity index (χ0n) is 6.76. The molecule has 62 valence electrons. The van der Waals surface area contributed by atoms with Gasteiger partial charge in [0.15, 0.2) is 0 Å². The Bertz CT molecular complexity index is 335. The van der Waals surface area contributed by atoms with Gasteiger partial charge in [0.1, 0.15) is 6.61 Å². The molecule has 1 heterocycles. The van der Waals surface area contributed by atoms with Crippen molar-refractivity contribution in [2.45, 2.75) is 13.5 Å². The van der Waals surface area contributed by atoms with E-state index in [2.05, 4.69) is 24.4 Å². The monoisotopic (exact) mass is 179 g/mol. The van der Waals surface area contributed by atoms with E-state index < -0.39 is 0 Å². The van der Waals surface area contributed by atoms with E-state index in [-0.39, 0.29) is 0 Å². The average Bonchev–Trinajstić information content (AvgIpc) is 2.05.